The molecule has 0 heterocycles. The molecular formula is C10H21NO4. The molecule has 0 aromatic carbocycles. The van der Waals surface area contributed by atoms with Crippen molar-refractivity contribution in [3.05, 3.63) is 0 Å². The normalized spacial score (nSPS) is 12.2. The van der Waals surface area contributed by atoms with Gasteiger partial charge in [0.2, 0.25) is 0 Å². The first-order chi connectivity index (χ1) is 7.20. The van der Waals surface area contributed by atoms with Gasteiger partial charge in [-0.15, -0.1) is 0 Å². The molecule has 0 bridgehead atoms. The van der Waals surface area contributed by atoms with Crippen molar-refractivity contribution < 1.29 is 19.0 Å². The SMILES string of the molecule is CCC(C)OC(=O)NCCOCCOC. The van der Waals surface area contributed by atoms with Gasteiger partial charge in [0.15, 0.2) is 0 Å². The number of alkyl carbamates (subject to hydrolysis) is 1. The number of rotatable bonds is 8. The van der Waals surface area contributed by atoms with E-state index < -0.39 is 0 Å². The standard InChI is InChI=1S/C10H21NO4/c1-4-9(2)15-10(12)11-5-6-14-8-7-13-3/h9H,4-8H2,1-3H3,(H,11,12). The molecule has 5 heteroatoms. The predicted molar refractivity (Wildman–Crippen MR) is 56.9 cm³/mol. The van der Waals surface area contributed by atoms with E-state index in [1.165, 1.54) is 0 Å². The minimum absolute atomic E-state index is 0.0422. The Kier molecular flexibility index (Phi) is 9.21. The van der Waals surface area contributed by atoms with E-state index in [9.17, 15) is 4.79 Å². The topological polar surface area (TPSA) is 56.8 Å². The van der Waals surface area contributed by atoms with Crippen molar-refractivity contribution in [2.24, 2.45) is 0 Å². The maximum Gasteiger partial charge on any atom is 0.407 e. The Bertz CT molecular complexity index is 164. The first kappa shape index (κ1) is 14.2. The van der Waals surface area contributed by atoms with Crippen LogP contribution in [0.25, 0.3) is 0 Å². The Balaban J connectivity index is 3.24. The molecule has 90 valence electrons. The van der Waals surface area contributed by atoms with Gasteiger partial charge in [0.25, 0.3) is 0 Å². The summed E-state index contributed by atoms with van der Waals surface area (Å²) in [5, 5.41) is 2.60. The van der Waals surface area contributed by atoms with Gasteiger partial charge in [0.05, 0.1) is 19.8 Å². The number of methoxy groups -OCH3 is 1. The molecule has 1 unspecified atom stereocenters. The van der Waals surface area contributed by atoms with Gasteiger partial charge in [-0.1, -0.05) is 6.92 Å². The van der Waals surface area contributed by atoms with Crippen LogP contribution in [0.1, 0.15) is 20.3 Å². The highest BCUT2D eigenvalue weighted by molar-refractivity contribution is 5.67. The van der Waals surface area contributed by atoms with E-state index in [2.05, 4.69) is 5.32 Å². The lowest BCUT2D eigenvalue weighted by Crippen LogP contribution is -2.30. The summed E-state index contributed by atoms with van der Waals surface area (Å²) >= 11 is 0. The van der Waals surface area contributed by atoms with Crippen molar-refractivity contribution in [1.82, 2.24) is 5.32 Å². The number of carbonyl (C=O) groups is 1. The number of carbonyl (C=O) groups excluding carboxylic acids is 1. The third-order valence-corrected chi connectivity index (χ3v) is 1.83. The molecule has 0 aromatic rings. The van der Waals surface area contributed by atoms with Crippen LogP contribution in [-0.4, -0.2) is 45.7 Å². The molecule has 0 saturated heterocycles. The second kappa shape index (κ2) is 9.73. The first-order valence-corrected chi connectivity index (χ1v) is 5.21. The summed E-state index contributed by atoms with van der Waals surface area (Å²) in [6.45, 7) is 5.86. The van der Waals surface area contributed by atoms with Crippen LogP contribution in [0.3, 0.4) is 0 Å². The zero-order valence-electron chi connectivity index (χ0n) is 9.75. The van der Waals surface area contributed by atoms with Crippen molar-refractivity contribution in [3.8, 4) is 0 Å². The fraction of sp³-hybridized carbons (Fsp3) is 0.900. The highest BCUT2D eigenvalue weighted by Gasteiger charge is 2.05. The molecule has 0 saturated carbocycles. The van der Waals surface area contributed by atoms with Crippen molar-refractivity contribution >= 4 is 6.09 Å². The highest BCUT2D eigenvalue weighted by atomic mass is 16.6. The number of ether oxygens (including phenoxy) is 3. The van der Waals surface area contributed by atoms with Crippen molar-refractivity contribution in [2.45, 2.75) is 26.4 Å². The Hall–Kier alpha value is -0.810. The number of nitrogens with one attached hydrogen (secondary N) is 1. The second-order valence-electron chi connectivity index (χ2n) is 3.16. The first-order valence-electron chi connectivity index (χ1n) is 5.21. The van der Waals surface area contributed by atoms with Crippen LogP contribution in [-0.2, 0) is 14.2 Å². The second-order valence-corrected chi connectivity index (χ2v) is 3.16. The molecule has 0 aliphatic carbocycles. The van der Waals surface area contributed by atoms with Crippen LogP contribution < -0.4 is 5.32 Å². The van der Waals surface area contributed by atoms with Crippen LogP contribution >= 0.6 is 0 Å². The van der Waals surface area contributed by atoms with E-state index in [-0.39, 0.29) is 12.2 Å². The van der Waals surface area contributed by atoms with Gasteiger partial charge in [-0.05, 0) is 13.3 Å². The van der Waals surface area contributed by atoms with Crippen molar-refractivity contribution in [1.29, 1.82) is 0 Å². The molecular weight excluding hydrogens is 198 g/mol. The molecule has 0 radical (unpaired) electrons. The van der Waals surface area contributed by atoms with E-state index in [0.717, 1.165) is 6.42 Å². The van der Waals surface area contributed by atoms with Crippen LogP contribution in [0.15, 0.2) is 0 Å². The van der Waals surface area contributed by atoms with Crippen LogP contribution in [0, 0.1) is 0 Å². The third kappa shape index (κ3) is 9.49. The maximum atomic E-state index is 11.1. The van der Waals surface area contributed by atoms with Crippen molar-refractivity contribution in [3.63, 3.8) is 0 Å². The summed E-state index contributed by atoms with van der Waals surface area (Å²) in [6, 6.07) is 0. The minimum atomic E-state index is -0.389. The molecule has 0 rings (SSSR count). The van der Waals surface area contributed by atoms with Crippen molar-refractivity contribution in [2.75, 3.05) is 33.5 Å². The third-order valence-electron chi connectivity index (χ3n) is 1.83. The summed E-state index contributed by atoms with van der Waals surface area (Å²) < 4.78 is 15.0. The summed E-state index contributed by atoms with van der Waals surface area (Å²) in [4.78, 5) is 11.1. The summed E-state index contributed by atoms with van der Waals surface area (Å²) in [6.07, 6.45) is 0.386. The van der Waals surface area contributed by atoms with E-state index in [1.807, 2.05) is 13.8 Å². The summed E-state index contributed by atoms with van der Waals surface area (Å²) in [7, 11) is 1.62. The maximum absolute atomic E-state index is 11.1. The molecule has 1 amide bonds. The Morgan fingerprint density at radius 1 is 1.33 bits per heavy atom. The van der Waals surface area contributed by atoms with Gasteiger partial charge in [0.1, 0.15) is 6.10 Å². The number of amides is 1. The molecule has 0 fully saturated rings. The van der Waals surface area contributed by atoms with Crippen LogP contribution in [0.4, 0.5) is 4.79 Å². The van der Waals surface area contributed by atoms with E-state index in [4.69, 9.17) is 14.2 Å². The lowest BCUT2D eigenvalue weighted by molar-refractivity contribution is 0.0679. The van der Waals surface area contributed by atoms with E-state index >= 15 is 0 Å². The molecule has 0 aliphatic rings. The quantitative estimate of drug-likeness (QED) is 0.623. The number of hydrogen-bond donors (Lipinski definition) is 1. The van der Waals surface area contributed by atoms with Gasteiger partial charge in [-0.3, -0.25) is 0 Å². The largest absolute Gasteiger partial charge is 0.447 e. The van der Waals surface area contributed by atoms with Gasteiger partial charge < -0.3 is 19.5 Å². The molecule has 1 atom stereocenters. The zero-order chi connectivity index (χ0) is 11.5. The van der Waals surface area contributed by atoms with Crippen LogP contribution in [0.2, 0.25) is 0 Å². The molecule has 0 spiro atoms. The Morgan fingerprint density at radius 2 is 2.07 bits per heavy atom. The smallest absolute Gasteiger partial charge is 0.407 e. The predicted octanol–water partition coefficient (Wildman–Crippen LogP) is 1.17. The van der Waals surface area contributed by atoms with Gasteiger partial charge in [0, 0.05) is 13.7 Å². The van der Waals surface area contributed by atoms with E-state index in [1.54, 1.807) is 7.11 Å². The Morgan fingerprint density at radius 3 is 2.67 bits per heavy atom. The number of hydrogen-bond acceptors (Lipinski definition) is 4. The Labute approximate surface area is 91.1 Å². The average Bonchev–Trinajstić information content (AvgIpc) is 2.23. The lowest BCUT2D eigenvalue weighted by atomic mass is 10.3. The fourth-order valence-corrected chi connectivity index (χ4v) is 0.777. The highest BCUT2D eigenvalue weighted by Crippen LogP contribution is 1.95. The molecule has 1 N–H and O–H groups in total. The average molecular weight is 219 g/mol. The monoisotopic (exact) mass is 219 g/mol. The summed E-state index contributed by atoms with van der Waals surface area (Å²) in [5.41, 5.74) is 0. The van der Waals surface area contributed by atoms with Gasteiger partial charge in [-0.2, -0.15) is 0 Å². The zero-order valence-corrected chi connectivity index (χ0v) is 9.75. The molecule has 0 aromatic heterocycles. The fourth-order valence-electron chi connectivity index (χ4n) is 0.777. The molecule has 5 nitrogen and oxygen atoms in total. The van der Waals surface area contributed by atoms with Gasteiger partial charge in [-0.25, -0.2) is 4.79 Å². The van der Waals surface area contributed by atoms with E-state index in [0.29, 0.717) is 26.4 Å². The lowest BCUT2D eigenvalue weighted by Gasteiger charge is -2.11. The summed E-state index contributed by atoms with van der Waals surface area (Å²) in [5.74, 6) is 0. The van der Waals surface area contributed by atoms with Gasteiger partial charge >= 0.3 is 6.09 Å². The molecule has 0 aliphatic heterocycles. The minimum Gasteiger partial charge on any atom is -0.447 e. The molecule has 15 heavy (non-hydrogen) atoms. The van der Waals surface area contributed by atoms with Crippen LogP contribution in [0.5, 0.6) is 0 Å².